The molecule has 0 atom stereocenters. The van der Waals surface area contributed by atoms with Crippen molar-refractivity contribution >= 4 is 0 Å². The van der Waals surface area contributed by atoms with Gasteiger partial charge in [0.1, 0.15) is 17.2 Å². The Morgan fingerprint density at radius 2 is 1.08 bits per heavy atom. The topological polar surface area (TPSA) is 46.2 Å². The Morgan fingerprint density at radius 3 is 1.58 bits per heavy atom. The van der Waals surface area contributed by atoms with Gasteiger partial charge in [-0.1, -0.05) is 0 Å². The fraction of sp³-hybridized carbons (Fsp3) is 0.368. The Kier molecular flexibility index (Phi) is 6.18. The number of ether oxygens (including phenoxy) is 5. The van der Waals surface area contributed by atoms with Crippen LogP contribution in [0.4, 0.5) is 0 Å². The van der Waals surface area contributed by atoms with Crippen molar-refractivity contribution in [3.63, 3.8) is 0 Å². The number of methoxy groups -OCH3 is 5. The van der Waals surface area contributed by atoms with Crippen molar-refractivity contribution in [2.75, 3.05) is 35.5 Å². The summed E-state index contributed by atoms with van der Waals surface area (Å²) in [7, 11) is 8.19. The first kappa shape index (κ1) is 17.8. The zero-order valence-corrected chi connectivity index (χ0v) is 14.8. The molecule has 0 radical (unpaired) electrons. The van der Waals surface area contributed by atoms with E-state index >= 15 is 0 Å². The van der Waals surface area contributed by atoms with E-state index in [1.54, 1.807) is 35.5 Å². The Bertz CT molecular complexity index is 659. The molecule has 0 fully saturated rings. The van der Waals surface area contributed by atoms with E-state index < -0.39 is 0 Å². The van der Waals surface area contributed by atoms with E-state index in [0.29, 0.717) is 11.5 Å². The van der Waals surface area contributed by atoms with E-state index in [1.807, 2.05) is 30.3 Å². The molecule has 0 unspecified atom stereocenters. The maximum absolute atomic E-state index is 5.48. The summed E-state index contributed by atoms with van der Waals surface area (Å²) in [6, 6.07) is 9.68. The molecule has 2 aromatic rings. The minimum atomic E-state index is 0.654. The first-order chi connectivity index (χ1) is 11.6. The Balaban J connectivity index is 2.25. The summed E-state index contributed by atoms with van der Waals surface area (Å²) in [5, 5.41) is 0. The van der Waals surface area contributed by atoms with Crippen LogP contribution in [0.2, 0.25) is 0 Å². The first-order valence-electron chi connectivity index (χ1n) is 7.66. The fourth-order valence-electron chi connectivity index (χ4n) is 2.58. The third kappa shape index (κ3) is 4.04. The second-order valence-corrected chi connectivity index (χ2v) is 5.24. The molecule has 0 aliphatic carbocycles. The van der Waals surface area contributed by atoms with Gasteiger partial charge in [0.15, 0.2) is 11.5 Å². The van der Waals surface area contributed by atoms with Gasteiger partial charge in [0, 0.05) is 12.1 Å². The second-order valence-electron chi connectivity index (χ2n) is 5.24. The van der Waals surface area contributed by atoms with Crippen LogP contribution in [0.25, 0.3) is 0 Å². The number of rotatable bonds is 8. The van der Waals surface area contributed by atoms with Crippen LogP contribution in [-0.4, -0.2) is 35.5 Å². The molecule has 0 amide bonds. The van der Waals surface area contributed by atoms with Gasteiger partial charge in [0.25, 0.3) is 0 Å². The normalized spacial score (nSPS) is 10.2. The van der Waals surface area contributed by atoms with Crippen molar-refractivity contribution < 1.29 is 23.7 Å². The smallest absolute Gasteiger partial charge is 0.164 e. The minimum Gasteiger partial charge on any atom is -0.497 e. The van der Waals surface area contributed by atoms with Gasteiger partial charge in [-0.15, -0.1) is 0 Å². The lowest BCUT2D eigenvalue weighted by molar-refractivity contribution is 0.347. The van der Waals surface area contributed by atoms with E-state index in [2.05, 4.69) is 0 Å². The van der Waals surface area contributed by atoms with Crippen molar-refractivity contribution in [2.45, 2.75) is 12.8 Å². The van der Waals surface area contributed by atoms with Crippen molar-refractivity contribution in [1.29, 1.82) is 0 Å². The van der Waals surface area contributed by atoms with Crippen molar-refractivity contribution in [3.05, 3.63) is 41.5 Å². The quantitative estimate of drug-likeness (QED) is 0.740. The van der Waals surface area contributed by atoms with Crippen LogP contribution in [0, 0.1) is 0 Å². The van der Waals surface area contributed by atoms with Crippen LogP contribution in [0.3, 0.4) is 0 Å². The number of aryl methyl sites for hydroxylation is 2. The molecular weight excluding hydrogens is 308 g/mol. The fourth-order valence-corrected chi connectivity index (χ4v) is 2.58. The maximum atomic E-state index is 5.48. The predicted octanol–water partition coefficient (Wildman–Crippen LogP) is 3.51. The van der Waals surface area contributed by atoms with E-state index in [-0.39, 0.29) is 0 Å². The Morgan fingerprint density at radius 1 is 0.542 bits per heavy atom. The Hall–Kier alpha value is -2.56. The summed E-state index contributed by atoms with van der Waals surface area (Å²) < 4.78 is 26.8. The lowest BCUT2D eigenvalue weighted by atomic mass is 10.0. The molecule has 0 saturated heterocycles. The summed E-state index contributed by atoms with van der Waals surface area (Å²) in [6.07, 6.45) is 1.61. The molecule has 0 aromatic heterocycles. The van der Waals surface area contributed by atoms with Gasteiger partial charge < -0.3 is 23.7 Å². The third-order valence-electron chi connectivity index (χ3n) is 3.88. The molecular formula is C19H24O5. The molecule has 0 saturated carbocycles. The number of hydrogen-bond acceptors (Lipinski definition) is 5. The molecule has 2 rings (SSSR count). The van der Waals surface area contributed by atoms with Crippen LogP contribution in [0.1, 0.15) is 11.1 Å². The summed E-state index contributed by atoms with van der Waals surface area (Å²) >= 11 is 0. The van der Waals surface area contributed by atoms with Gasteiger partial charge in [-0.25, -0.2) is 0 Å². The van der Waals surface area contributed by atoms with Crippen LogP contribution in [0.15, 0.2) is 30.3 Å². The van der Waals surface area contributed by atoms with E-state index in [4.69, 9.17) is 23.7 Å². The van der Waals surface area contributed by atoms with Gasteiger partial charge in [-0.3, -0.25) is 0 Å². The molecule has 0 spiro atoms. The van der Waals surface area contributed by atoms with Gasteiger partial charge in [0.2, 0.25) is 0 Å². The van der Waals surface area contributed by atoms with E-state index in [0.717, 1.165) is 41.2 Å². The highest BCUT2D eigenvalue weighted by Gasteiger charge is 2.12. The van der Waals surface area contributed by atoms with Crippen LogP contribution >= 0.6 is 0 Å². The average molecular weight is 332 g/mol. The molecule has 0 N–H and O–H groups in total. The summed E-state index contributed by atoms with van der Waals surface area (Å²) in [6.45, 7) is 0. The molecule has 24 heavy (non-hydrogen) atoms. The van der Waals surface area contributed by atoms with Gasteiger partial charge in [-0.05, 0) is 42.2 Å². The molecule has 0 aliphatic rings. The first-order valence-corrected chi connectivity index (χ1v) is 7.66. The van der Waals surface area contributed by atoms with Crippen molar-refractivity contribution in [3.8, 4) is 28.7 Å². The predicted molar refractivity (Wildman–Crippen MR) is 93.1 cm³/mol. The highest BCUT2D eigenvalue weighted by Crippen LogP contribution is 2.35. The van der Waals surface area contributed by atoms with E-state index in [9.17, 15) is 0 Å². The summed E-state index contributed by atoms with van der Waals surface area (Å²) in [5.41, 5.74) is 2.18. The van der Waals surface area contributed by atoms with Crippen molar-refractivity contribution in [1.82, 2.24) is 0 Å². The molecule has 0 aliphatic heterocycles. The van der Waals surface area contributed by atoms with Crippen LogP contribution < -0.4 is 23.7 Å². The lowest BCUT2D eigenvalue weighted by Gasteiger charge is -2.14. The zero-order chi connectivity index (χ0) is 17.5. The van der Waals surface area contributed by atoms with Gasteiger partial charge >= 0.3 is 0 Å². The molecule has 2 aromatic carbocycles. The van der Waals surface area contributed by atoms with E-state index in [1.165, 1.54) is 0 Å². The highest BCUT2D eigenvalue weighted by molar-refractivity contribution is 5.51. The largest absolute Gasteiger partial charge is 0.497 e. The third-order valence-corrected chi connectivity index (χ3v) is 3.88. The van der Waals surface area contributed by atoms with Gasteiger partial charge in [-0.2, -0.15) is 0 Å². The minimum absolute atomic E-state index is 0.654. The molecule has 5 heteroatoms. The summed E-state index contributed by atoms with van der Waals surface area (Å²) in [4.78, 5) is 0. The average Bonchev–Trinajstić information content (AvgIpc) is 2.64. The van der Waals surface area contributed by atoms with Crippen LogP contribution in [0.5, 0.6) is 28.7 Å². The molecule has 5 nitrogen and oxygen atoms in total. The van der Waals surface area contributed by atoms with Gasteiger partial charge in [0.05, 0.1) is 35.5 Å². The number of benzene rings is 2. The highest BCUT2D eigenvalue weighted by atomic mass is 16.5. The molecule has 130 valence electrons. The molecule has 0 heterocycles. The lowest BCUT2D eigenvalue weighted by Crippen LogP contribution is -1.99. The standard InChI is InChI=1S/C19H24O5/c1-20-15-8-13(9-16(11-15)21-2)6-7-14-10-18(23-4)19(24-5)12-17(14)22-3/h8-12H,6-7H2,1-5H3. The maximum Gasteiger partial charge on any atom is 0.164 e. The molecule has 0 bridgehead atoms. The monoisotopic (exact) mass is 332 g/mol. The van der Waals surface area contributed by atoms with Crippen molar-refractivity contribution in [2.24, 2.45) is 0 Å². The second kappa shape index (κ2) is 8.34. The summed E-state index contributed by atoms with van der Waals surface area (Å²) in [5.74, 6) is 3.69. The van der Waals surface area contributed by atoms with Crippen LogP contribution in [-0.2, 0) is 12.8 Å². The number of hydrogen-bond donors (Lipinski definition) is 0. The SMILES string of the molecule is COc1cc(CCc2cc(OC)c(OC)cc2OC)cc(OC)c1. The Labute approximate surface area is 143 Å². The zero-order valence-electron chi connectivity index (χ0n) is 14.8.